The molecule has 1 heterocycles. The molecular weight excluding hydrogens is 406 g/mol. The van der Waals surface area contributed by atoms with Crippen molar-refractivity contribution in [3.63, 3.8) is 0 Å². The molecule has 1 aliphatic rings. The number of aryl methyl sites for hydroxylation is 1. The predicted octanol–water partition coefficient (Wildman–Crippen LogP) is 3.80. The molecule has 3 N–H and O–H groups in total. The molecule has 0 radical (unpaired) electrons. The average Bonchev–Trinajstić information content (AvgIpc) is 2.73. The second-order valence-corrected chi connectivity index (χ2v) is 7.72. The molecule has 0 bridgehead atoms. The Hall–Kier alpha value is -2.28. The molecule has 0 saturated heterocycles. The maximum Gasteiger partial charge on any atom is 0.252 e. The first-order valence-electron chi connectivity index (χ1n) is 9.37. The van der Waals surface area contributed by atoms with Crippen LogP contribution in [0.15, 0.2) is 65.1 Å². The standard InChI is InChI=1S/C22H25N3O2S.ClH/c1-16-6-8-18(9-7-16)25-21(26)15-28-20-5-3-2-4-19(20)22(27)24-14-17-10-12-23-13-11-17;/h2-10,23H,11-15H2,1H3,(H,24,27)(H,25,26);1H. The van der Waals surface area contributed by atoms with Crippen LogP contribution < -0.4 is 16.0 Å². The van der Waals surface area contributed by atoms with Gasteiger partial charge in [0.15, 0.2) is 0 Å². The Morgan fingerprint density at radius 2 is 1.86 bits per heavy atom. The van der Waals surface area contributed by atoms with Crippen LogP contribution in [0.1, 0.15) is 22.3 Å². The van der Waals surface area contributed by atoms with E-state index in [2.05, 4.69) is 22.0 Å². The van der Waals surface area contributed by atoms with Crippen LogP contribution in [0.5, 0.6) is 0 Å². The van der Waals surface area contributed by atoms with E-state index in [1.165, 1.54) is 17.3 Å². The summed E-state index contributed by atoms with van der Waals surface area (Å²) in [6.07, 6.45) is 3.08. The van der Waals surface area contributed by atoms with E-state index in [1.807, 2.05) is 49.4 Å². The number of rotatable bonds is 7. The summed E-state index contributed by atoms with van der Waals surface area (Å²) in [5.41, 5.74) is 3.77. The second kappa shape index (κ2) is 11.7. The number of carbonyl (C=O) groups excluding carboxylic acids is 2. The maximum atomic E-state index is 12.6. The zero-order valence-electron chi connectivity index (χ0n) is 16.4. The third-order valence-corrected chi connectivity index (χ3v) is 5.53. The average molecular weight is 432 g/mol. The summed E-state index contributed by atoms with van der Waals surface area (Å²) in [5.74, 6) is 0.0417. The summed E-state index contributed by atoms with van der Waals surface area (Å²) >= 11 is 1.37. The van der Waals surface area contributed by atoms with E-state index >= 15 is 0 Å². The maximum absolute atomic E-state index is 12.6. The number of thioether (sulfide) groups is 1. The monoisotopic (exact) mass is 431 g/mol. The van der Waals surface area contributed by atoms with Gasteiger partial charge in [-0.3, -0.25) is 9.59 Å². The molecule has 7 heteroatoms. The van der Waals surface area contributed by atoms with Crippen LogP contribution in [0.3, 0.4) is 0 Å². The lowest BCUT2D eigenvalue weighted by Crippen LogP contribution is -2.30. The summed E-state index contributed by atoms with van der Waals surface area (Å²) < 4.78 is 0. The molecule has 2 aromatic carbocycles. The van der Waals surface area contributed by atoms with Crippen LogP contribution in [0.4, 0.5) is 5.69 Å². The number of hydrogen-bond donors (Lipinski definition) is 3. The Morgan fingerprint density at radius 3 is 2.59 bits per heavy atom. The Balaban J connectivity index is 0.00000300. The smallest absolute Gasteiger partial charge is 0.252 e. The fourth-order valence-corrected chi connectivity index (χ4v) is 3.73. The van der Waals surface area contributed by atoms with Gasteiger partial charge in [-0.15, -0.1) is 24.2 Å². The van der Waals surface area contributed by atoms with Gasteiger partial charge in [-0.1, -0.05) is 41.5 Å². The van der Waals surface area contributed by atoms with Gasteiger partial charge in [0.1, 0.15) is 0 Å². The Bertz CT molecular complexity index is 869. The molecule has 0 atom stereocenters. The lowest BCUT2D eigenvalue weighted by atomic mass is 10.1. The van der Waals surface area contributed by atoms with Gasteiger partial charge in [0.25, 0.3) is 5.91 Å². The highest BCUT2D eigenvalue weighted by Gasteiger charge is 2.13. The van der Waals surface area contributed by atoms with Crippen molar-refractivity contribution < 1.29 is 9.59 Å². The minimum Gasteiger partial charge on any atom is -0.348 e. The molecular formula is C22H26ClN3O2S. The molecule has 0 unspecified atom stereocenters. The van der Waals surface area contributed by atoms with Crippen molar-refractivity contribution in [2.75, 3.05) is 30.7 Å². The lowest BCUT2D eigenvalue weighted by Gasteiger charge is -2.15. The fraction of sp³-hybridized carbons (Fsp3) is 0.273. The molecule has 154 valence electrons. The number of amides is 2. The number of anilines is 1. The third kappa shape index (κ3) is 7.24. The third-order valence-electron chi connectivity index (χ3n) is 4.46. The van der Waals surface area contributed by atoms with Gasteiger partial charge in [-0.2, -0.15) is 0 Å². The zero-order valence-corrected chi connectivity index (χ0v) is 18.0. The van der Waals surface area contributed by atoms with Crippen LogP contribution in [0, 0.1) is 6.92 Å². The minimum absolute atomic E-state index is 0. The van der Waals surface area contributed by atoms with Crippen molar-refractivity contribution >= 4 is 41.7 Å². The molecule has 1 aliphatic heterocycles. The molecule has 0 fully saturated rings. The first kappa shape index (κ1) is 23.0. The van der Waals surface area contributed by atoms with E-state index in [0.717, 1.165) is 35.7 Å². The fourth-order valence-electron chi connectivity index (χ4n) is 2.88. The van der Waals surface area contributed by atoms with Crippen LogP contribution in [-0.2, 0) is 4.79 Å². The molecule has 0 aliphatic carbocycles. The van der Waals surface area contributed by atoms with Crippen molar-refractivity contribution in [2.45, 2.75) is 18.2 Å². The summed E-state index contributed by atoms with van der Waals surface area (Å²) in [7, 11) is 0. The second-order valence-electron chi connectivity index (χ2n) is 6.70. The van der Waals surface area contributed by atoms with Gasteiger partial charge < -0.3 is 16.0 Å². The first-order valence-corrected chi connectivity index (χ1v) is 10.4. The molecule has 5 nitrogen and oxygen atoms in total. The number of halogens is 1. The van der Waals surface area contributed by atoms with E-state index in [9.17, 15) is 9.59 Å². The van der Waals surface area contributed by atoms with Crippen molar-refractivity contribution in [2.24, 2.45) is 0 Å². The first-order chi connectivity index (χ1) is 13.6. The molecule has 29 heavy (non-hydrogen) atoms. The van der Waals surface area contributed by atoms with Crippen molar-refractivity contribution in [1.29, 1.82) is 0 Å². The van der Waals surface area contributed by atoms with Gasteiger partial charge in [-0.25, -0.2) is 0 Å². The number of hydrogen-bond acceptors (Lipinski definition) is 4. The molecule has 0 spiro atoms. The van der Waals surface area contributed by atoms with Crippen LogP contribution in [0.25, 0.3) is 0 Å². The van der Waals surface area contributed by atoms with Gasteiger partial charge in [0.05, 0.1) is 11.3 Å². The Morgan fingerprint density at radius 1 is 1.10 bits per heavy atom. The molecule has 2 aromatic rings. The van der Waals surface area contributed by atoms with E-state index in [4.69, 9.17) is 0 Å². The van der Waals surface area contributed by atoms with Crippen molar-refractivity contribution in [1.82, 2.24) is 10.6 Å². The summed E-state index contributed by atoms with van der Waals surface area (Å²) in [6.45, 7) is 4.37. The predicted molar refractivity (Wildman–Crippen MR) is 122 cm³/mol. The van der Waals surface area contributed by atoms with E-state index in [1.54, 1.807) is 6.07 Å². The highest BCUT2D eigenvalue weighted by Crippen LogP contribution is 2.23. The van der Waals surface area contributed by atoms with Crippen LogP contribution in [0.2, 0.25) is 0 Å². The van der Waals surface area contributed by atoms with E-state index < -0.39 is 0 Å². The Labute approximate surface area is 182 Å². The number of carbonyl (C=O) groups is 2. The summed E-state index contributed by atoms with van der Waals surface area (Å²) in [6, 6.07) is 15.1. The van der Waals surface area contributed by atoms with Crippen LogP contribution in [-0.4, -0.2) is 37.2 Å². The van der Waals surface area contributed by atoms with Gasteiger partial charge >= 0.3 is 0 Å². The topological polar surface area (TPSA) is 70.2 Å². The minimum atomic E-state index is -0.110. The lowest BCUT2D eigenvalue weighted by molar-refractivity contribution is -0.113. The zero-order chi connectivity index (χ0) is 19.8. The highest BCUT2D eigenvalue weighted by atomic mass is 35.5. The van der Waals surface area contributed by atoms with E-state index in [-0.39, 0.29) is 30.0 Å². The molecule has 0 saturated carbocycles. The quantitative estimate of drug-likeness (QED) is 0.460. The number of benzene rings is 2. The summed E-state index contributed by atoms with van der Waals surface area (Å²) in [5, 5.41) is 9.14. The molecule has 3 rings (SSSR count). The van der Waals surface area contributed by atoms with Gasteiger partial charge in [0.2, 0.25) is 5.91 Å². The van der Waals surface area contributed by atoms with Gasteiger partial charge in [0, 0.05) is 23.7 Å². The Kier molecular flexibility index (Phi) is 9.25. The SMILES string of the molecule is Cc1ccc(NC(=O)CSc2ccccc2C(=O)NCC2=CCNCC2)cc1.Cl. The van der Waals surface area contributed by atoms with Crippen molar-refractivity contribution in [3.8, 4) is 0 Å². The normalized spacial score (nSPS) is 13.1. The molecule has 2 amide bonds. The largest absolute Gasteiger partial charge is 0.348 e. The van der Waals surface area contributed by atoms with Gasteiger partial charge in [-0.05, 0) is 44.2 Å². The summed E-state index contributed by atoms with van der Waals surface area (Å²) in [4.78, 5) is 25.7. The molecule has 0 aromatic heterocycles. The van der Waals surface area contributed by atoms with E-state index in [0.29, 0.717) is 12.1 Å². The number of nitrogens with one attached hydrogen (secondary N) is 3. The highest BCUT2D eigenvalue weighted by molar-refractivity contribution is 8.00. The van der Waals surface area contributed by atoms with Crippen molar-refractivity contribution in [3.05, 3.63) is 71.3 Å². The van der Waals surface area contributed by atoms with Crippen LogP contribution >= 0.6 is 24.2 Å².